The molecule has 0 radical (unpaired) electrons. The quantitative estimate of drug-likeness (QED) is 0.828. The summed E-state index contributed by atoms with van der Waals surface area (Å²) in [6, 6.07) is 11.4. The molecule has 1 fully saturated rings. The third-order valence-corrected chi connectivity index (χ3v) is 4.15. The molecule has 0 saturated carbocycles. The number of Topliss-reactive ketones (excluding diaryl/α,β-unsaturated/α-hetero) is 1. The van der Waals surface area contributed by atoms with Crippen molar-refractivity contribution in [2.45, 2.75) is 19.4 Å². The molecule has 1 saturated heterocycles. The fourth-order valence-corrected chi connectivity index (χ4v) is 2.82. The molecule has 2 N–H and O–H groups in total. The van der Waals surface area contributed by atoms with Crippen LogP contribution in [0.2, 0.25) is 0 Å². The molecule has 6 nitrogen and oxygen atoms in total. The van der Waals surface area contributed by atoms with Gasteiger partial charge < -0.3 is 15.5 Å². The molecule has 0 bridgehead atoms. The van der Waals surface area contributed by atoms with Gasteiger partial charge >= 0.3 is 6.03 Å². The van der Waals surface area contributed by atoms with Crippen LogP contribution in [0.4, 0.5) is 20.6 Å². The first-order valence-electron chi connectivity index (χ1n) is 8.17. The Labute approximate surface area is 150 Å². The van der Waals surface area contributed by atoms with E-state index in [-0.39, 0.29) is 30.0 Å². The second-order valence-corrected chi connectivity index (χ2v) is 6.11. The number of amides is 3. The van der Waals surface area contributed by atoms with Crippen molar-refractivity contribution >= 4 is 29.1 Å². The van der Waals surface area contributed by atoms with Crippen molar-refractivity contribution in [3.63, 3.8) is 0 Å². The number of nitrogens with zero attached hydrogens (tertiary/aromatic N) is 1. The molecule has 0 spiro atoms. The molecule has 0 aromatic heterocycles. The van der Waals surface area contributed by atoms with Crippen LogP contribution in [-0.4, -0.2) is 30.3 Å². The van der Waals surface area contributed by atoms with Crippen LogP contribution in [0, 0.1) is 5.82 Å². The van der Waals surface area contributed by atoms with Crippen LogP contribution < -0.4 is 15.5 Å². The lowest BCUT2D eigenvalue weighted by Gasteiger charge is -2.17. The maximum atomic E-state index is 13.0. The average Bonchev–Trinajstić information content (AvgIpc) is 2.96. The predicted molar refractivity (Wildman–Crippen MR) is 95.8 cm³/mol. The summed E-state index contributed by atoms with van der Waals surface area (Å²) in [6.07, 6.45) is 0.175. The van der Waals surface area contributed by atoms with Crippen molar-refractivity contribution in [2.75, 3.05) is 16.8 Å². The lowest BCUT2D eigenvalue weighted by molar-refractivity contribution is -0.117. The van der Waals surface area contributed by atoms with E-state index in [4.69, 9.17) is 0 Å². The number of ketones is 1. The molecule has 134 valence electrons. The molecule has 7 heteroatoms. The number of anilines is 2. The number of hydrogen-bond acceptors (Lipinski definition) is 3. The molecule has 3 amide bonds. The molecule has 0 unspecified atom stereocenters. The molecule has 1 aliphatic rings. The Hall–Kier alpha value is -3.22. The van der Waals surface area contributed by atoms with Crippen molar-refractivity contribution in [1.29, 1.82) is 0 Å². The van der Waals surface area contributed by atoms with E-state index in [1.807, 2.05) is 0 Å². The minimum absolute atomic E-state index is 0.0497. The number of urea groups is 1. The number of rotatable bonds is 4. The van der Waals surface area contributed by atoms with E-state index in [0.717, 1.165) is 0 Å². The molecular weight excluding hydrogens is 337 g/mol. The average molecular weight is 355 g/mol. The summed E-state index contributed by atoms with van der Waals surface area (Å²) in [5.74, 6) is -0.552. The number of hydrogen-bond donors (Lipinski definition) is 2. The molecule has 26 heavy (non-hydrogen) atoms. The first kappa shape index (κ1) is 17.6. The van der Waals surface area contributed by atoms with Crippen molar-refractivity contribution in [1.82, 2.24) is 5.32 Å². The highest BCUT2D eigenvalue weighted by Crippen LogP contribution is 2.22. The monoisotopic (exact) mass is 355 g/mol. The minimum Gasteiger partial charge on any atom is -0.333 e. The van der Waals surface area contributed by atoms with Gasteiger partial charge in [0.25, 0.3) is 0 Å². The van der Waals surface area contributed by atoms with Gasteiger partial charge in [0, 0.05) is 29.9 Å². The van der Waals surface area contributed by atoms with Crippen molar-refractivity contribution < 1.29 is 18.8 Å². The van der Waals surface area contributed by atoms with E-state index >= 15 is 0 Å². The normalized spacial score (nSPS) is 16.5. The van der Waals surface area contributed by atoms with E-state index in [0.29, 0.717) is 23.5 Å². The van der Waals surface area contributed by atoms with Gasteiger partial charge in [0.2, 0.25) is 5.91 Å². The Morgan fingerprint density at radius 2 is 1.73 bits per heavy atom. The van der Waals surface area contributed by atoms with Gasteiger partial charge in [-0.1, -0.05) is 0 Å². The van der Waals surface area contributed by atoms with Gasteiger partial charge in [0.15, 0.2) is 5.78 Å². The smallest absolute Gasteiger partial charge is 0.319 e. The molecule has 1 atom stereocenters. The minimum atomic E-state index is -0.431. The first-order chi connectivity index (χ1) is 12.4. The Kier molecular flexibility index (Phi) is 4.97. The summed E-state index contributed by atoms with van der Waals surface area (Å²) in [4.78, 5) is 37.0. The topological polar surface area (TPSA) is 78.5 Å². The fourth-order valence-electron chi connectivity index (χ4n) is 2.82. The van der Waals surface area contributed by atoms with E-state index in [9.17, 15) is 18.8 Å². The number of benzene rings is 2. The highest BCUT2D eigenvalue weighted by molar-refractivity contribution is 5.98. The number of halogens is 1. The Balaban J connectivity index is 1.57. The van der Waals surface area contributed by atoms with Gasteiger partial charge in [0.1, 0.15) is 5.82 Å². The zero-order valence-corrected chi connectivity index (χ0v) is 14.2. The molecular formula is C19H18FN3O3. The Morgan fingerprint density at radius 3 is 2.35 bits per heavy atom. The van der Waals surface area contributed by atoms with Crippen LogP contribution in [0.15, 0.2) is 48.5 Å². The molecule has 3 rings (SSSR count). The highest BCUT2D eigenvalue weighted by atomic mass is 19.1. The molecule has 1 aliphatic heterocycles. The largest absolute Gasteiger partial charge is 0.333 e. The predicted octanol–water partition coefficient (Wildman–Crippen LogP) is 2.96. The van der Waals surface area contributed by atoms with Crippen LogP contribution in [0.1, 0.15) is 23.7 Å². The van der Waals surface area contributed by atoms with Gasteiger partial charge in [-0.15, -0.1) is 0 Å². The summed E-state index contributed by atoms with van der Waals surface area (Å²) < 4.78 is 13.0. The SMILES string of the molecule is CC(=O)c1ccc(NC(=O)N[C@H]2CC(=O)N(c3ccc(F)cc3)C2)cc1. The molecule has 2 aromatic carbocycles. The fraction of sp³-hybridized carbons (Fsp3) is 0.211. The lowest BCUT2D eigenvalue weighted by Crippen LogP contribution is -2.39. The third-order valence-electron chi connectivity index (χ3n) is 4.15. The first-order valence-corrected chi connectivity index (χ1v) is 8.17. The van der Waals surface area contributed by atoms with Crippen LogP contribution >= 0.6 is 0 Å². The van der Waals surface area contributed by atoms with E-state index in [1.165, 1.54) is 36.1 Å². The van der Waals surface area contributed by atoms with Gasteiger partial charge in [-0.2, -0.15) is 0 Å². The Bertz CT molecular complexity index is 834. The molecule has 0 aliphatic carbocycles. The van der Waals surface area contributed by atoms with Crippen molar-refractivity contribution in [2.24, 2.45) is 0 Å². The zero-order valence-electron chi connectivity index (χ0n) is 14.2. The standard InChI is InChI=1S/C19H18FN3O3/c1-12(24)13-2-6-15(7-3-13)21-19(26)22-16-10-18(25)23(11-16)17-8-4-14(20)5-9-17/h2-9,16H,10-11H2,1H3,(H2,21,22,26)/t16-/m0/s1. The highest BCUT2D eigenvalue weighted by Gasteiger charge is 2.31. The summed E-state index contributed by atoms with van der Waals surface area (Å²) in [6.45, 7) is 1.79. The number of carbonyl (C=O) groups is 3. The van der Waals surface area contributed by atoms with Crippen LogP contribution in [-0.2, 0) is 4.79 Å². The lowest BCUT2D eigenvalue weighted by atomic mass is 10.1. The molecule has 1 heterocycles. The van der Waals surface area contributed by atoms with Crippen molar-refractivity contribution in [3.05, 3.63) is 59.9 Å². The maximum Gasteiger partial charge on any atom is 0.319 e. The van der Waals surface area contributed by atoms with Gasteiger partial charge in [-0.3, -0.25) is 9.59 Å². The van der Waals surface area contributed by atoms with Crippen LogP contribution in [0.25, 0.3) is 0 Å². The van der Waals surface area contributed by atoms with Crippen LogP contribution in [0.3, 0.4) is 0 Å². The summed E-state index contributed by atoms with van der Waals surface area (Å²) in [5, 5.41) is 5.42. The van der Waals surface area contributed by atoms with E-state index in [2.05, 4.69) is 10.6 Å². The number of nitrogens with one attached hydrogen (secondary N) is 2. The zero-order chi connectivity index (χ0) is 18.7. The number of carbonyl (C=O) groups excluding carboxylic acids is 3. The summed E-state index contributed by atoms with van der Waals surface area (Å²) >= 11 is 0. The maximum absolute atomic E-state index is 13.0. The van der Waals surface area contributed by atoms with E-state index in [1.54, 1.807) is 24.3 Å². The second-order valence-electron chi connectivity index (χ2n) is 6.11. The third kappa shape index (κ3) is 4.05. The Morgan fingerprint density at radius 1 is 1.08 bits per heavy atom. The molecule has 2 aromatic rings. The van der Waals surface area contributed by atoms with E-state index < -0.39 is 6.03 Å². The summed E-state index contributed by atoms with van der Waals surface area (Å²) in [7, 11) is 0. The second kappa shape index (κ2) is 7.35. The van der Waals surface area contributed by atoms with Gasteiger partial charge in [0.05, 0.1) is 6.04 Å². The van der Waals surface area contributed by atoms with Crippen molar-refractivity contribution in [3.8, 4) is 0 Å². The van der Waals surface area contributed by atoms with Crippen LogP contribution in [0.5, 0.6) is 0 Å². The van der Waals surface area contributed by atoms with Gasteiger partial charge in [-0.25, -0.2) is 9.18 Å². The van der Waals surface area contributed by atoms with Gasteiger partial charge in [-0.05, 0) is 55.5 Å². The summed E-state index contributed by atoms with van der Waals surface area (Å²) in [5.41, 5.74) is 1.71.